The molecule has 2 N–H and O–H groups in total. The van der Waals surface area contributed by atoms with E-state index in [0.29, 0.717) is 17.8 Å². The maximum Gasteiger partial charge on any atom is 0.271 e. The van der Waals surface area contributed by atoms with Gasteiger partial charge in [0.25, 0.3) is 5.56 Å². The molecule has 2 aromatic rings. The van der Waals surface area contributed by atoms with Crippen molar-refractivity contribution in [3.63, 3.8) is 0 Å². The zero-order chi connectivity index (χ0) is 9.26. The molecular weight excluding hydrogens is 257 g/mol. The standard InChI is InChI=1S/C8H9N3OS.2ClH/c9-2-3-11-5-10-6-1-4-13-7(6)8(11)12;;/h1,4-5H,2-3,9H2;2*1H. The van der Waals surface area contributed by atoms with E-state index in [0.717, 1.165) is 5.52 Å². The maximum absolute atomic E-state index is 11.7. The molecule has 0 saturated heterocycles. The lowest BCUT2D eigenvalue weighted by Crippen LogP contribution is -2.23. The monoisotopic (exact) mass is 267 g/mol. The van der Waals surface area contributed by atoms with E-state index >= 15 is 0 Å². The van der Waals surface area contributed by atoms with Crippen molar-refractivity contribution in [2.45, 2.75) is 6.54 Å². The molecule has 84 valence electrons. The molecule has 0 unspecified atom stereocenters. The predicted octanol–water partition coefficient (Wildman–Crippen LogP) is 1.26. The summed E-state index contributed by atoms with van der Waals surface area (Å²) in [7, 11) is 0. The van der Waals surface area contributed by atoms with Crippen LogP contribution in [0.4, 0.5) is 0 Å². The van der Waals surface area contributed by atoms with Gasteiger partial charge in [-0.15, -0.1) is 36.2 Å². The van der Waals surface area contributed by atoms with E-state index in [1.807, 2.05) is 11.4 Å². The number of nitrogens with zero attached hydrogens (tertiary/aromatic N) is 2. The second-order valence-corrected chi connectivity index (χ2v) is 3.58. The molecule has 0 spiro atoms. The van der Waals surface area contributed by atoms with Gasteiger partial charge >= 0.3 is 0 Å². The number of nitrogens with two attached hydrogens (primary N) is 1. The summed E-state index contributed by atoms with van der Waals surface area (Å²) in [6, 6.07) is 1.84. The molecular formula is C8H11Cl2N3OS. The van der Waals surface area contributed by atoms with E-state index in [9.17, 15) is 4.79 Å². The third-order valence-electron chi connectivity index (χ3n) is 1.81. The molecule has 2 aromatic heterocycles. The summed E-state index contributed by atoms with van der Waals surface area (Å²) >= 11 is 1.42. The third-order valence-corrected chi connectivity index (χ3v) is 2.70. The molecule has 15 heavy (non-hydrogen) atoms. The van der Waals surface area contributed by atoms with Crippen molar-refractivity contribution >= 4 is 46.4 Å². The Kier molecular flexibility index (Phi) is 5.82. The fourth-order valence-corrected chi connectivity index (χ4v) is 1.97. The van der Waals surface area contributed by atoms with Crippen molar-refractivity contribution in [3.8, 4) is 0 Å². The van der Waals surface area contributed by atoms with Crippen LogP contribution in [0.5, 0.6) is 0 Å². The normalized spacial score (nSPS) is 9.40. The zero-order valence-corrected chi connectivity index (χ0v) is 10.2. The molecule has 2 rings (SSSR count). The molecule has 0 aromatic carbocycles. The van der Waals surface area contributed by atoms with Gasteiger partial charge in [0, 0.05) is 13.1 Å². The second-order valence-electron chi connectivity index (χ2n) is 2.67. The average Bonchev–Trinajstić information content (AvgIpc) is 2.58. The van der Waals surface area contributed by atoms with E-state index < -0.39 is 0 Å². The first-order chi connectivity index (χ1) is 6.33. The quantitative estimate of drug-likeness (QED) is 0.892. The fourth-order valence-electron chi connectivity index (χ4n) is 1.18. The topological polar surface area (TPSA) is 60.9 Å². The van der Waals surface area contributed by atoms with Gasteiger partial charge in [0.2, 0.25) is 0 Å². The number of hydrogen-bond acceptors (Lipinski definition) is 4. The Morgan fingerprint density at radius 3 is 2.87 bits per heavy atom. The maximum atomic E-state index is 11.7. The third kappa shape index (κ3) is 2.69. The number of hydrogen-bond donors (Lipinski definition) is 1. The van der Waals surface area contributed by atoms with Crippen LogP contribution in [0.3, 0.4) is 0 Å². The van der Waals surface area contributed by atoms with Gasteiger partial charge in [-0.05, 0) is 11.4 Å². The van der Waals surface area contributed by atoms with Crippen molar-refractivity contribution in [2.24, 2.45) is 5.73 Å². The lowest BCUT2D eigenvalue weighted by atomic mass is 10.4. The van der Waals surface area contributed by atoms with Crippen LogP contribution in [0.1, 0.15) is 0 Å². The van der Waals surface area contributed by atoms with E-state index in [-0.39, 0.29) is 30.4 Å². The highest BCUT2D eigenvalue weighted by atomic mass is 35.5. The van der Waals surface area contributed by atoms with E-state index in [2.05, 4.69) is 4.98 Å². The number of aromatic nitrogens is 2. The zero-order valence-electron chi connectivity index (χ0n) is 7.75. The van der Waals surface area contributed by atoms with Crippen molar-refractivity contribution < 1.29 is 0 Å². The highest BCUT2D eigenvalue weighted by Gasteiger charge is 2.03. The highest BCUT2D eigenvalue weighted by molar-refractivity contribution is 7.17. The van der Waals surface area contributed by atoms with Gasteiger partial charge in [-0.2, -0.15) is 0 Å². The fraction of sp³-hybridized carbons (Fsp3) is 0.250. The van der Waals surface area contributed by atoms with Crippen molar-refractivity contribution in [3.05, 3.63) is 28.1 Å². The van der Waals surface area contributed by atoms with Crippen LogP contribution < -0.4 is 11.3 Å². The Bertz CT molecular complexity index is 482. The van der Waals surface area contributed by atoms with Gasteiger partial charge in [0.15, 0.2) is 0 Å². The molecule has 0 aliphatic rings. The van der Waals surface area contributed by atoms with Crippen LogP contribution in [0.2, 0.25) is 0 Å². The SMILES string of the molecule is Cl.Cl.NCCn1cnc2ccsc2c1=O. The molecule has 7 heteroatoms. The van der Waals surface area contributed by atoms with Crippen LogP contribution in [0.15, 0.2) is 22.6 Å². The second kappa shape index (κ2) is 6.07. The Morgan fingerprint density at radius 2 is 2.20 bits per heavy atom. The molecule has 0 saturated carbocycles. The minimum Gasteiger partial charge on any atom is -0.329 e. The summed E-state index contributed by atoms with van der Waals surface area (Å²) in [6.45, 7) is 0.984. The van der Waals surface area contributed by atoms with E-state index in [1.54, 1.807) is 10.9 Å². The summed E-state index contributed by atoms with van der Waals surface area (Å²) < 4.78 is 2.25. The van der Waals surface area contributed by atoms with Gasteiger partial charge in [-0.1, -0.05) is 0 Å². The Hall–Kier alpha value is -0.620. The van der Waals surface area contributed by atoms with Gasteiger partial charge in [0.05, 0.1) is 11.8 Å². The molecule has 0 aliphatic carbocycles. The van der Waals surface area contributed by atoms with Crippen molar-refractivity contribution in [1.29, 1.82) is 0 Å². The predicted molar refractivity (Wildman–Crippen MR) is 67.4 cm³/mol. The van der Waals surface area contributed by atoms with Gasteiger partial charge < -0.3 is 5.73 Å². The lowest BCUT2D eigenvalue weighted by Gasteiger charge is -2.00. The molecule has 0 fully saturated rings. The summed E-state index contributed by atoms with van der Waals surface area (Å²) in [4.78, 5) is 15.8. The molecule has 0 bridgehead atoms. The van der Waals surface area contributed by atoms with Gasteiger partial charge in [-0.25, -0.2) is 4.98 Å². The highest BCUT2D eigenvalue weighted by Crippen LogP contribution is 2.12. The minimum atomic E-state index is 0. The molecule has 4 nitrogen and oxygen atoms in total. The lowest BCUT2D eigenvalue weighted by molar-refractivity contribution is 0.674. The number of halogens is 2. The largest absolute Gasteiger partial charge is 0.329 e. The Balaban J connectivity index is 0.000000980. The number of thiophene rings is 1. The summed E-state index contributed by atoms with van der Waals surface area (Å²) in [5.41, 5.74) is 6.14. The number of fused-ring (bicyclic) bond motifs is 1. The molecule has 2 heterocycles. The molecule has 0 radical (unpaired) electrons. The van der Waals surface area contributed by atoms with Gasteiger partial charge in [0.1, 0.15) is 4.70 Å². The summed E-state index contributed by atoms with van der Waals surface area (Å²) in [5, 5.41) is 1.87. The number of rotatable bonds is 2. The van der Waals surface area contributed by atoms with Crippen LogP contribution in [-0.2, 0) is 6.54 Å². The first-order valence-electron chi connectivity index (χ1n) is 3.95. The van der Waals surface area contributed by atoms with Crippen LogP contribution in [0, 0.1) is 0 Å². The average molecular weight is 268 g/mol. The van der Waals surface area contributed by atoms with E-state index in [1.165, 1.54) is 11.3 Å². The summed E-state index contributed by atoms with van der Waals surface area (Å²) in [5.74, 6) is 0. The van der Waals surface area contributed by atoms with Crippen molar-refractivity contribution in [2.75, 3.05) is 6.54 Å². The Labute approximate surface area is 103 Å². The van der Waals surface area contributed by atoms with Crippen LogP contribution in [-0.4, -0.2) is 16.1 Å². The first-order valence-corrected chi connectivity index (χ1v) is 4.83. The van der Waals surface area contributed by atoms with Crippen molar-refractivity contribution in [1.82, 2.24) is 9.55 Å². The molecule has 0 amide bonds. The molecule has 0 aliphatic heterocycles. The minimum absolute atomic E-state index is 0. The molecule has 0 atom stereocenters. The first kappa shape index (κ1) is 14.4. The Morgan fingerprint density at radius 1 is 1.47 bits per heavy atom. The van der Waals surface area contributed by atoms with Gasteiger partial charge in [-0.3, -0.25) is 9.36 Å². The van der Waals surface area contributed by atoms with Crippen LogP contribution >= 0.6 is 36.2 Å². The smallest absolute Gasteiger partial charge is 0.271 e. The summed E-state index contributed by atoms with van der Waals surface area (Å²) in [6.07, 6.45) is 1.55. The van der Waals surface area contributed by atoms with Crippen LogP contribution in [0.25, 0.3) is 10.2 Å². The van der Waals surface area contributed by atoms with E-state index in [4.69, 9.17) is 5.73 Å².